The smallest absolute Gasteiger partial charge is 0.303 e. The molecule has 3 rings (SSSR count). The molecular weight excluding hydrogens is 380 g/mol. The van der Waals surface area contributed by atoms with Crippen molar-refractivity contribution < 1.29 is 19.4 Å². The third-order valence-corrected chi connectivity index (χ3v) is 7.28. The van der Waals surface area contributed by atoms with Crippen molar-refractivity contribution >= 4 is 11.9 Å². The molecule has 4 atom stereocenters. The van der Waals surface area contributed by atoms with Crippen molar-refractivity contribution in [2.45, 2.75) is 95.8 Å². The van der Waals surface area contributed by atoms with Gasteiger partial charge < -0.3 is 20.1 Å². The normalized spacial score (nSPS) is 28.6. The van der Waals surface area contributed by atoms with Crippen LogP contribution in [0.1, 0.15) is 77.6 Å². The van der Waals surface area contributed by atoms with Crippen LogP contribution in [0.2, 0.25) is 0 Å². The molecule has 6 nitrogen and oxygen atoms in total. The summed E-state index contributed by atoms with van der Waals surface area (Å²) in [5.74, 6) is 0.644. The topological polar surface area (TPSA) is 78.9 Å². The number of fused-ring (bicyclic) bond motifs is 2. The Morgan fingerprint density at radius 3 is 2.53 bits per heavy atom. The molecule has 1 amide bonds. The van der Waals surface area contributed by atoms with Gasteiger partial charge in [0.2, 0.25) is 5.91 Å². The average molecular weight is 421 g/mol. The van der Waals surface area contributed by atoms with E-state index >= 15 is 0 Å². The standard InChI is InChI=1S/C24H40N2O4/c1-2-26(18-9-7-8-10-18)23(27)17-25-16-15-20-19(21-13-14-22(20)30-21)11-5-3-4-6-12-24(28)29/h3,5,18-22,25H,2,4,6-17H2,1H3,(H,28,29)/b5-3-/t19-,20-,21-,22+/m1/s1. The first-order chi connectivity index (χ1) is 14.6. The molecule has 6 heteroatoms. The van der Waals surface area contributed by atoms with E-state index in [2.05, 4.69) is 29.3 Å². The number of carbonyl (C=O) groups is 2. The van der Waals surface area contributed by atoms with E-state index in [1.54, 1.807) is 0 Å². The van der Waals surface area contributed by atoms with Crippen LogP contribution in [0.15, 0.2) is 12.2 Å². The van der Waals surface area contributed by atoms with Gasteiger partial charge in [0.05, 0.1) is 18.8 Å². The molecule has 0 unspecified atom stereocenters. The minimum absolute atomic E-state index is 0.241. The lowest BCUT2D eigenvalue weighted by atomic mass is 9.76. The monoisotopic (exact) mass is 420 g/mol. The van der Waals surface area contributed by atoms with Crippen LogP contribution in [0.5, 0.6) is 0 Å². The van der Waals surface area contributed by atoms with Crippen LogP contribution in [0, 0.1) is 11.8 Å². The molecular formula is C24H40N2O4. The van der Waals surface area contributed by atoms with E-state index in [0.29, 0.717) is 43.1 Å². The molecule has 2 bridgehead atoms. The molecule has 2 heterocycles. The van der Waals surface area contributed by atoms with Gasteiger partial charge in [0.15, 0.2) is 0 Å². The molecule has 1 aliphatic carbocycles. The summed E-state index contributed by atoms with van der Waals surface area (Å²) >= 11 is 0. The molecule has 0 aromatic rings. The predicted octanol–water partition coefficient (Wildman–Crippen LogP) is 3.75. The van der Waals surface area contributed by atoms with Gasteiger partial charge in [0.1, 0.15) is 0 Å². The number of carbonyl (C=O) groups excluding carboxylic acids is 1. The molecule has 0 spiro atoms. The van der Waals surface area contributed by atoms with Gasteiger partial charge in [0.25, 0.3) is 0 Å². The van der Waals surface area contributed by atoms with E-state index in [0.717, 1.165) is 51.6 Å². The second kappa shape index (κ2) is 11.8. The van der Waals surface area contributed by atoms with Gasteiger partial charge in [-0.2, -0.15) is 0 Å². The lowest BCUT2D eigenvalue weighted by molar-refractivity contribution is -0.137. The lowest BCUT2D eigenvalue weighted by Gasteiger charge is -2.29. The van der Waals surface area contributed by atoms with Crippen LogP contribution >= 0.6 is 0 Å². The van der Waals surface area contributed by atoms with E-state index in [1.807, 2.05) is 0 Å². The molecule has 30 heavy (non-hydrogen) atoms. The molecule has 0 aromatic heterocycles. The van der Waals surface area contributed by atoms with Crippen LogP contribution in [0.4, 0.5) is 0 Å². The number of allylic oxidation sites excluding steroid dienone is 2. The van der Waals surface area contributed by atoms with Crippen molar-refractivity contribution in [1.82, 2.24) is 10.2 Å². The summed E-state index contributed by atoms with van der Waals surface area (Å²) in [5.41, 5.74) is 0. The predicted molar refractivity (Wildman–Crippen MR) is 117 cm³/mol. The first-order valence-electron chi connectivity index (χ1n) is 12.1. The summed E-state index contributed by atoms with van der Waals surface area (Å²) in [5, 5.41) is 12.1. The van der Waals surface area contributed by atoms with E-state index in [9.17, 15) is 9.59 Å². The number of likely N-dealkylation sites (N-methyl/N-ethyl adjacent to an activating group) is 1. The summed E-state index contributed by atoms with van der Waals surface area (Å²) in [6.45, 7) is 4.21. The fourth-order valence-corrected chi connectivity index (χ4v) is 5.76. The molecule has 1 saturated carbocycles. The van der Waals surface area contributed by atoms with Crippen LogP contribution in [-0.2, 0) is 14.3 Å². The molecule has 2 aliphatic heterocycles. The summed E-state index contributed by atoms with van der Waals surface area (Å²) in [6.07, 6.45) is 16.1. The minimum atomic E-state index is -0.721. The van der Waals surface area contributed by atoms with Gasteiger partial charge in [-0.15, -0.1) is 0 Å². The molecule has 3 fully saturated rings. The highest BCUT2D eigenvalue weighted by Gasteiger charge is 2.47. The van der Waals surface area contributed by atoms with Gasteiger partial charge in [-0.3, -0.25) is 9.59 Å². The number of nitrogens with zero attached hydrogens (tertiary/aromatic N) is 1. The number of carboxylic acid groups (broad SMARTS) is 1. The van der Waals surface area contributed by atoms with Gasteiger partial charge >= 0.3 is 5.97 Å². The first-order valence-corrected chi connectivity index (χ1v) is 12.1. The van der Waals surface area contributed by atoms with Gasteiger partial charge in [-0.05, 0) is 76.7 Å². The summed E-state index contributed by atoms with van der Waals surface area (Å²) in [6, 6.07) is 0.454. The number of aliphatic carboxylic acids is 1. The molecule has 2 N–H and O–H groups in total. The lowest BCUT2D eigenvalue weighted by Crippen LogP contribution is -2.44. The maximum Gasteiger partial charge on any atom is 0.303 e. The summed E-state index contributed by atoms with van der Waals surface area (Å²) in [4.78, 5) is 25.3. The van der Waals surface area contributed by atoms with Gasteiger partial charge in [0, 0.05) is 19.0 Å². The average Bonchev–Trinajstić information content (AvgIpc) is 3.47. The van der Waals surface area contributed by atoms with E-state index < -0.39 is 5.97 Å². The van der Waals surface area contributed by atoms with Crippen molar-refractivity contribution in [3.05, 3.63) is 12.2 Å². The quantitative estimate of drug-likeness (QED) is 0.350. The number of rotatable bonds is 13. The summed E-state index contributed by atoms with van der Waals surface area (Å²) < 4.78 is 6.19. The number of nitrogens with one attached hydrogen (secondary N) is 1. The number of hydrogen-bond donors (Lipinski definition) is 2. The molecule has 3 aliphatic rings. The Morgan fingerprint density at radius 1 is 1.10 bits per heavy atom. The first kappa shape index (κ1) is 23.3. The summed E-state index contributed by atoms with van der Waals surface area (Å²) in [7, 11) is 0. The minimum Gasteiger partial charge on any atom is -0.481 e. The van der Waals surface area contributed by atoms with Crippen molar-refractivity contribution in [3.8, 4) is 0 Å². The number of unbranched alkanes of at least 4 members (excludes halogenated alkanes) is 1. The second-order valence-electron chi connectivity index (χ2n) is 9.19. The third kappa shape index (κ3) is 6.30. The maximum absolute atomic E-state index is 12.6. The van der Waals surface area contributed by atoms with Crippen LogP contribution in [0.25, 0.3) is 0 Å². The number of ether oxygens (including phenoxy) is 1. The molecule has 170 valence electrons. The highest BCUT2D eigenvalue weighted by molar-refractivity contribution is 5.78. The highest BCUT2D eigenvalue weighted by atomic mass is 16.5. The fraction of sp³-hybridized carbons (Fsp3) is 0.833. The zero-order valence-electron chi connectivity index (χ0n) is 18.6. The molecule has 0 aromatic carbocycles. The van der Waals surface area contributed by atoms with E-state index in [1.165, 1.54) is 19.3 Å². The zero-order valence-corrected chi connectivity index (χ0v) is 18.6. The Bertz CT molecular complexity index is 588. The maximum atomic E-state index is 12.6. The van der Waals surface area contributed by atoms with Crippen LogP contribution in [0.3, 0.4) is 0 Å². The highest BCUT2D eigenvalue weighted by Crippen LogP contribution is 2.46. The Morgan fingerprint density at radius 2 is 1.83 bits per heavy atom. The molecule has 0 radical (unpaired) electrons. The van der Waals surface area contributed by atoms with Crippen LogP contribution in [-0.4, -0.2) is 59.8 Å². The van der Waals surface area contributed by atoms with Crippen molar-refractivity contribution in [2.75, 3.05) is 19.6 Å². The van der Waals surface area contributed by atoms with Crippen molar-refractivity contribution in [1.29, 1.82) is 0 Å². The number of amides is 1. The van der Waals surface area contributed by atoms with Crippen molar-refractivity contribution in [3.63, 3.8) is 0 Å². The van der Waals surface area contributed by atoms with E-state index in [-0.39, 0.29) is 12.3 Å². The van der Waals surface area contributed by atoms with Gasteiger partial charge in [-0.1, -0.05) is 25.0 Å². The Balaban J connectivity index is 1.37. The van der Waals surface area contributed by atoms with Gasteiger partial charge in [-0.25, -0.2) is 0 Å². The molecule has 2 saturated heterocycles. The largest absolute Gasteiger partial charge is 0.481 e. The third-order valence-electron chi connectivity index (χ3n) is 7.28. The Hall–Kier alpha value is -1.40. The van der Waals surface area contributed by atoms with Crippen molar-refractivity contribution in [2.24, 2.45) is 11.8 Å². The zero-order chi connectivity index (χ0) is 21.3. The fourth-order valence-electron chi connectivity index (χ4n) is 5.76. The Kier molecular flexibility index (Phi) is 9.19. The van der Waals surface area contributed by atoms with E-state index in [4.69, 9.17) is 9.84 Å². The second-order valence-corrected chi connectivity index (χ2v) is 9.19. The van der Waals surface area contributed by atoms with Crippen LogP contribution < -0.4 is 5.32 Å². The Labute approximate surface area is 181 Å². The number of hydrogen-bond acceptors (Lipinski definition) is 4. The SMILES string of the molecule is CCN(C(=O)CNCC[C@@H]1[C@@H](C/C=C\CCCC(=O)O)[C@H]2CC[C@@H]1O2)C1CCCC1. The number of carboxylic acids is 1.